The van der Waals surface area contributed by atoms with Gasteiger partial charge in [-0.1, -0.05) is 6.07 Å². The number of oxazole rings is 1. The van der Waals surface area contributed by atoms with Gasteiger partial charge < -0.3 is 23.9 Å². The standard InChI is InChI=1S/C21H22N2O6S/c1-3-26-16-8-7-14(10-17(16)27-4-2)20(25)22-11-19(24)28-12-15-13-29-21(23-15)18-6-5-9-30-18/h5-10,13H,3-4,11-12H2,1-2H3,(H,22,25). The molecule has 30 heavy (non-hydrogen) atoms. The Balaban J connectivity index is 1.49. The molecule has 8 nitrogen and oxygen atoms in total. The van der Waals surface area contributed by atoms with Crippen LogP contribution < -0.4 is 14.8 Å². The van der Waals surface area contributed by atoms with Crippen LogP contribution in [-0.2, 0) is 16.1 Å². The Morgan fingerprint density at radius 1 is 1.13 bits per heavy atom. The molecule has 1 amide bonds. The summed E-state index contributed by atoms with van der Waals surface area (Å²) >= 11 is 1.50. The Hall–Kier alpha value is -3.33. The van der Waals surface area contributed by atoms with Crippen molar-refractivity contribution >= 4 is 23.2 Å². The van der Waals surface area contributed by atoms with Gasteiger partial charge in [-0.3, -0.25) is 9.59 Å². The van der Waals surface area contributed by atoms with E-state index in [0.29, 0.717) is 41.9 Å². The molecule has 1 N–H and O–H groups in total. The number of amides is 1. The lowest BCUT2D eigenvalue weighted by Crippen LogP contribution is -2.30. The van der Waals surface area contributed by atoms with E-state index in [2.05, 4.69) is 10.3 Å². The Kier molecular flexibility index (Phi) is 7.45. The molecule has 0 unspecified atom stereocenters. The number of benzene rings is 1. The molecule has 1 aromatic carbocycles. The molecule has 3 aromatic rings. The van der Waals surface area contributed by atoms with Gasteiger partial charge in [0.15, 0.2) is 11.5 Å². The summed E-state index contributed by atoms with van der Waals surface area (Å²) in [6.45, 7) is 4.32. The number of nitrogens with zero attached hydrogens (tertiary/aromatic N) is 1. The maximum atomic E-state index is 12.3. The van der Waals surface area contributed by atoms with Crippen LogP contribution in [0.1, 0.15) is 29.9 Å². The van der Waals surface area contributed by atoms with Gasteiger partial charge in [-0.2, -0.15) is 0 Å². The SMILES string of the molecule is CCOc1ccc(C(=O)NCC(=O)OCc2coc(-c3cccs3)n2)cc1OCC. The minimum absolute atomic E-state index is 0.0406. The fourth-order valence-corrected chi connectivity index (χ4v) is 3.19. The van der Waals surface area contributed by atoms with Crippen molar-refractivity contribution in [3.8, 4) is 22.3 Å². The maximum absolute atomic E-state index is 12.3. The largest absolute Gasteiger partial charge is 0.490 e. The van der Waals surface area contributed by atoms with Gasteiger partial charge in [-0.15, -0.1) is 11.3 Å². The number of esters is 1. The normalized spacial score (nSPS) is 10.5. The lowest BCUT2D eigenvalue weighted by Gasteiger charge is -2.12. The smallest absolute Gasteiger partial charge is 0.325 e. The van der Waals surface area contributed by atoms with E-state index >= 15 is 0 Å². The molecule has 0 atom stereocenters. The van der Waals surface area contributed by atoms with Crippen LogP contribution in [0, 0.1) is 0 Å². The zero-order valence-electron chi connectivity index (χ0n) is 16.7. The Morgan fingerprint density at radius 3 is 2.67 bits per heavy atom. The third-order valence-corrected chi connectivity index (χ3v) is 4.72. The molecule has 0 aliphatic heterocycles. The molecule has 2 heterocycles. The summed E-state index contributed by atoms with van der Waals surface area (Å²) in [7, 11) is 0. The quantitative estimate of drug-likeness (QED) is 0.490. The third-order valence-electron chi connectivity index (χ3n) is 3.86. The predicted molar refractivity (Wildman–Crippen MR) is 111 cm³/mol. The molecule has 0 radical (unpaired) electrons. The zero-order valence-corrected chi connectivity index (χ0v) is 17.5. The van der Waals surface area contributed by atoms with Crippen molar-refractivity contribution in [3.63, 3.8) is 0 Å². The van der Waals surface area contributed by atoms with Gasteiger partial charge in [0.1, 0.15) is 25.1 Å². The minimum atomic E-state index is -0.583. The first kappa shape index (κ1) is 21.4. The maximum Gasteiger partial charge on any atom is 0.325 e. The van der Waals surface area contributed by atoms with E-state index in [9.17, 15) is 9.59 Å². The van der Waals surface area contributed by atoms with Crippen molar-refractivity contribution in [1.82, 2.24) is 10.3 Å². The van der Waals surface area contributed by atoms with Gasteiger partial charge in [-0.05, 0) is 43.5 Å². The van der Waals surface area contributed by atoms with Crippen LogP contribution in [0.3, 0.4) is 0 Å². The molecule has 0 saturated heterocycles. The molecule has 0 spiro atoms. The van der Waals surface area contributed by atoms with Crippen LogP contribution >= 0.6 is 11.3 Å². The average Bonchev–Trinajstić information content (AvgIpc) is 3.44. The second-order valence-corrected chi connectivity index (χ2v) is 6.94. The first-order chi connectivity index (χ1) is 14.6. The van der Waals surface area contributed by atoms with Crippen molar-refractivity contribution in [2.24, 2.45) is 0 Å². The molecule has 158 valence electrons. The second-order valence-electron chi connectivity index (χ2n) is 5.99. The number of carbonyl (C=O) groups is 2. The van der Waals surface area contributed by atoms with Crippen molar-refractivity contribution in [2.75, 3.05) is 19.8 Å². The molecule has 3 rings (SSSR count). The van der Waals surface area contributed by atoms with Gasteiger partial charge in [0.25, 0.3) is 5.91 Å². The number of aromatic nitrogens is 1. The summed E-state index contributed by atoms with van der Waals surface area (Å²) in [4.78, 5) is 29.5. The van der Waals surface area contributed by atoms with E-state index in [1.165, 1.54) is 17.6 Å². The van der Waals surface area contributed by atoms with Crippen LogP contribution in [0.4, 0.5) is 0 Å². The molecular weight excluding hydrogens is 408 g/mol. The summed E-state index contributed by atoms with van der Waals surface area (Å²) in [5.74, 6) is 0.509. The van der Waals surface area contributed by atoms with E-state index in [4.69, 9.17) is 18.6 Å². The van der Waals surface area contributed by atoms with Crippen molar-refractivity contribution in [1.29, 1.82) is 0 Å². The first-order valence-corrected chi connectivity index (χ1v) is 10.3. The van der Waals surface area contributed by atoms with Crippen LogP contribution in [0.2, 0.25) is 0 Å². The summed E-state index contributed by atoms with van der Waals surface area (Å²) in [6.07, 6.45) is 1.44. The van der Waals surface area contributed by atoms with E-state index < -0.39 is 11.9 Å². The lowest BCUT2D eigenvalue weighted by molar-refractivity contribution is -0.143. The molecule has 0 bridgehead atoms. The number of hydrogen-bond acceptors (Lipinski definition) is 8. The molecular formula is C21H22N2O6S. The van der Waals surface area contributed by atoms with Crippen molar-refractivity contribution in [2.45, 2.75) is 20.5 Å². The molecule has 0 saturated carbocycles. The van der Waals surface area contributed by atoms with Crippen molar-refractivity contribution in [3.05, 3.63) is 53.2 Å². The predicted octanol–water partition coefficient (Wildman–Crippen LogP) is 3.67. The number of thiophene rings is 1. The van der Waals surface area contributed by atoms with Gasteiger partial charge in [0.2, 0.25) is 5.89 Å². The average molecular weight is 430 g/mol. The van der Waals surface area contributed by atoms with Crippen LogP contribution in [0.5, 0.6) is 11.5 Å². The summed E-state index contributed by atoms with van der Waals surface area (Å²) in [5.41, 5.74) is 0.845. The summed E-state index contributed by atoms with van der Waals surface area (Å²) in [6, 6.07) is 8.64. The Bertz CT molecular complexity index is 983. The van der Waals surface area contributed by atoms with E-state index in [-0.39, 0.29) is 13.2 Å². The number of nitrogens with one attached hydrogen (secondary N) is 1. The van der Waals surface area contributed by atoms with Crippen LogP contribution in [0.25, 0.3) is 10.8 Å². The molecule has 0 aliphatic rings. The zero-order chi connectivity index (χ0) is 21.3. The van der Waals surface area contributed by atoms with Gasteiger partial charge >= 0.3 is 5.97 Å². The minimum Gasteiger partial charge on any atom is -0.490 e. The summed E-state index contributed by atoms with van der Waals surface area (Å²) in [5, 5.41) is 4.45. The molecule has 9 heteroatoms. The van der Waals surface area contributed by atoms with E-state index in [0.717, 1.165) is 4.88 Å². The number of rotatable bonds is 10. The molecule has 0 aliphatic carbocycles. The lowest BCUT2D eigenvalue weighted by atomic mass is 10.2. The number of carbonyl (C=O) groups excluding carboxylic acids is 2. The second kappa shape index (κ2) is 10.4. The number of hydrogen-bond donors (Lipinski definition) is 1. The van der Waals surface area contributed by atoms with Gasteiger partial charge in [0, 0.05) is 5.56 Å². The monoisotopic (exact) mass is 430 g/mol. The Morgan fingerprint density at radius 2 is 1.93 bits per heavy atom. The Labute approximate surface area is 177 Å². The van der Waals surface area contributed by atoms with Crippen LogP contribution in [-0.4, -0.2) is 36.6 Å². The molecule has 2 aromatic heterocycles. The first-order valence-electron chi connectivity index (χ1n) is 9.42. The fraction of sp³-hybridized carbons (Fsp3) is 0.286. The van der Waals surface area contributed by atoms with Crippen molar-refractivity contribution < 1.29 is 28.2 Å². The fourth-order valence-electron chi connectivity index (χ4n) is 2.54. The topological polar surface area (TPSA) is 99.9 Å². The summed E-state index contributed by atoms with van der Waals surface area (Å²) < 4.78 is 21.5. The molecule has 0 fully saturated rings. The van der Waals surface area contributed by atoms with Crippen LogP contribution in [0.15, 0.2) is 46.4 Å². The third kappa shape index (κ3) is 5.60. The highest BCUT2D eigenvalue weighted by atomic mass is 32.1. The highest BCUT2D eigenvalue weighted by molar-refractivity contribution is 7.13. The van der Waals surface area contributed by atoms with E-state index in [1.54, 1.807) is 18.2 Å². The van der Waals surface area contributed by atoms with Gasteiger partial charge in [-0.25, -0.2) is 4.98 Å². The highest BCUT2D eigenvalue weighted by Gasteiger charge is 2.14. The number of ether oxygens (including phenoxy) is 3. The van der Waals surface area contributed by atoms with E-state index in [1.807, 2.05) is 31.4 Å². The van der Waals surface area contributed by atoms with Gasteiger partial charge in [0.05, 0.1) is 18.1 Å². The highest BCUT2D eigenvalue weighted by Crippen LogP contribution is 2.28.